The summed E-state index contributed by atoms with van der Waals surface area (Å²) in [6, 6.07) is 6.74. The molecule has 0 radical (unpaired) electrons. The van der Waals surface area contributed by atoms with E-state index in [2.05, 4.69) is 5.32 Å². The second kappa shape index (κ2) is 11.9. The van der Waals surface area contributed by atoms with Crippen molar-refractivity contribution in [3.05, 3.63) is 35.6 Å². The van der Waals surface area contributed by atoms with Crippen LogP contribution in [0.25, 0.3) is 0 Å². The van der Waals surface area contributed by atoms with E-state index in [0.29, 0.717) is 37.9 Å². The summed E-state index contributed by atoms with van der Waals surface area (Å²) in [6.45, 7) is 3.43. The first-order valence-corrected chi connectivity index (χ1v) is 9.53. The van der Waals surface area contributed by atoms with Crippen LogP contribution < -0.4 is 11.1 Å². The molecule has 5 nitrogen and oxygen atoms in total. The highest BCUT2D eigenvalue weighted by Gasteiger charge is 2.29. The Morgan fingerprint density at radius 2 is 2.07 bits per heavy atom. The summed E-state index contributed by atoms with van der Waals surface area (Å²) >= 11 is 0. The van der Waals surface area contributed by atoms with Gasteiger partial charge in [-0.25, -0.2) is 4.39 Å². The Morgan fingerprint density at radius 3 is 2.78 bits per heavy atom. The molecule has 1 heterocycles. The maximum absolute atomic E-state index is 13.8. The predicted octanol–water partition coefficient (Wildman–Crippen LogP) is 2.66. The van der Waals surface area contributed by atoms with E-state index in [9.17, 15) is 14.0 Å². The summed E-state index contributed by atoms with van der Waals surface area (Å²) in [6.07, 6.45) is 4.41. The normalized spacial score (nSPS) is 17.7. The molecule has 3 N–H and O–H groups in total. The van der Waals surface area contributed by atoms with Crippen molar-refractivity contribution in [2.75, 3.05) is 19.6 Å². The smallest absolute Gasteiger partial charge is 0.225 e. The molecule has 1 saturated heterocycles. The summed E-state index contributed by atoms with van der Waals surface area (Å²) in [7, 11) is 0. The van der Waals surface area contributed by atoms with Crippen LogP contribution in [0.1, 0.15) is 44.6 Å². The first-order valence-electron chi connectivity index (χ1n) is 9.53. The lowest BCUT2D eigenvalue weighted by Gasteiger charge is -2.37. The van der Waals surface area contributed by atoms with E-state index in [1.165, 1.54) is 6.07 Å². The van der Waals surface area contributed by atoms with E-state index < -0.39 is 0 Å². The van der Waals surface area contributed by atoms with Crippen LogP contribution in [0.3, 0.4) is 0 Å². The number of piperidine rings is 1. The number of nitrogens with zero attached hydrogens (tertiary/aromatic N) is 1. The van der Waals surface area contributed by atoms with Crippen molar-refractivity contribution in [3.8, 4) is 0 Å². The minimum absolute atomic E-state index is 0. The van der Waals surface area contributed by atoms with E-state index in [0.717, 1.165) is 25.8 Å². The third kappa shape index (κ3) is 7.11. The Morgan fingerprint density at radius 1 is 1.33 bits per heavy atom. The van der Waals surface area contributed by atoms with Crippen molar-refractivity contribution < 1.29 is 14.0 Å². The quantitative estimate of drug-likeness (QED) is 0.705. The second-order valence-corrected chi connectivity index (χ2v) is 7.06. The molecule has 1 aliphatic rings. The lowest BCUT2D eigenvalue weighted by molar-refractivity contribution is -0.139. The third-order valence-corrected chi connectivity index (χ3v) is 5.04. The number of rotatable bonds is 8. The van der Waals surface area contributed by atoms with E-state index in [-0.39, 0.29) is 42.0 Å². The number of hydrogen-bond acceptors (Lipinski definition) is 3. The molecule has 1 fully saturated rings. The second-order valence-electron chi connectivity index (χ2n) is 7.06. The Labute approximate surface area is 167 Å². The number of likely N-dealkylation sites (tertiary alicyclic amines) is 1. The molecule has 7 heteroatoms. The van der Waals surface area contributed by atoms with Crippen LogP contribution in [0.4, 0.5) is 4.39 Å². The molecule has 0 saturated carbocycles. The van der Waals surface area contributed by atoms with Crippen LogP contribution in [-0.4, -0.2) is 42.4 Å². The number of halogens is 2. The topological polar surface area (TPSA) is 75.4 Å². The minimum atomic E-state index is -0.217. The molecule has 2 rings (SSSR count). The van der Waals surface area contributed by atoms with E-state index in [1.807, 2.05) is 17.9 Å². The van der Waals surface area contributed by atoms with Gasteiger partial charge in [0, 0.05) is 38.0 Å². The fraction of sp³-hybridized carbons (Fsp3) is 0.600. The fourth-order valence-corrected chi connectivity index (χ4v) is 3.43. The molecule has 152 valence electrons. The number of amides is 2. The van der Waals surface area contributed by atoms with Gasteiger partial charge in [0.25, 0.3) is 0 Å². The Balaban J connectivity index is 0.00000364. The predicted molar refractivity (Wildman–Crippen MR) is 107 cm³/mol. The van der Waals surface area contributed by atoms with Crippen LogP contribution >= 0.6 is 12.4 Å². The Bertz CT molecular complexity index is 615. The largest absolute Gasteiger partial charge is 0.354 e. The first kappa shape index (κ1) is 23.4. The number of carbonyl (C=O) groups excluding carboxylic acids is 2. The van der Waals surface area contributed by atoms with Crippen LogP contribution in [0.15, 0.2) is 24.3 Å². The molecule has 0 bridgehead atoms. The third-order valence-electron chi connectivity index (χ3n) is 5.04. The zero-order chi connectivity index (χ0) is 18.9. The lowest BCUT2D eigenvalue weighted by Crippen LogP contribution is -2.51. The maximum atomic E-state index is 13.8. The van der Waals surface area contributed by atoms with Gasteiger partial charge in [-0.3, -0.25) is 9.59 Å². The van der Waals surface area contributed by atoms with Crippen molar-refractivity contribution in [2.24, 2.45) is 11.7 Å². The van der Waals surface area contributed by atoms with Crippen LogP contribution in [0.5, 0.6) is 0 Å². The van der Waals surface area contributed by atoms with Gasteiger partial charge < -0.3 is 16.0 Å². The molecular formula is C20H31ClFN3O2. The van der Waals surface area contributed by atoms with Gasteiger partial charge in [0.15, 0.2) is 0 Å². The van der Waals surface area contributed by atoms with Crippen molar-refractivity contribution in [1.82, 2.24) is 10.2 Å². The summed E-state index contributed by atoms with van der Waals surface area (Å²) in [5.74, 6) is -0.363. The van der Waals surface area contributed by atoms with Crippen LogP contribution in [0, 0.1) is 11.7 Å². The molecule has 0 aliphatic carbocycles. The highest BCUT2D eigenvalue weighted by Crippen LogP contribution is 2.21. The number of aryl methyl sites for hydroxylation is 1. The van der Waals surface area contributed by atoms with Crippen LogP contribution in [0.2, 0.25) is 0 Å². The number of carbonyl (C=O) groups is 2. The van der Waals surface area contributed by atoms with Gasteiger partial charge in [-0.05, 0) is 43.7 Å². The van der Waals surface area contributed by atoms with Crippen molar-refractivity contribution in [2.45, 2.75) is 51.5 Å². The number of nitrogens with one attached hydrogen (secondary N) is 1. The SMILES string of the molecule is CC(CCc1ccccc1F)C(=O)N1CCCCC1CNC(=O)CCN.Cl. The molecule has 1 aromatic rings. The van der Waals surface area contributed by atoms with Gasteiger partial charge in [-0.2, -0.15) is 0 Å². The van der Waals surface area contributed by atoms with E-state index in [4.69, 9.17) is 5.73 Å². The summed E-state index contributed by atoms with van der Waals surface area (Å²) in [4.78, 5) is 26.4. The first-order chi connectivity index (χ1) is 12.5. The number of hydrogen-bond donors (Lipinski definition) is 2. The highest BCUT2D eigenvalue weighted by molar-refractivity contribution is 5.85. The molecule has 2 atom stereocenters. The average molecular weight is 400 g/mol. The molecule has 27 heavy (non-hydrogen) atoms. The van der Waals surface area contributed by atoms with E-state index in [1.54, 1.807) is 12.1 Å². The Hall–Kier alpha value is -1.66. The van der Waals surface area contributed by atoms with Gasteiger partial charge in [0.2, 0.25) is 11.8 Å². The molecule has 0 spiro atoms. The summed E-state index contributed by atoms with van der Waals surface area (Å²) in [5, 5.41) is 2.88. The van der Waals surface area contributed by atoms with Crippen molar-refractivity contribution in [1.29, 1.82) is 0 Å². The fourth-order valence-electron chi connectivity index (χ4n) is 3.43. The number of benzene rings is 1. The van der Waals surface area contributed by atoms with Gasteiger partial charge in [0.05, 0.1) is 0 Å². The van der Waals surface area contributed by atoms with Gasteiger partial charge in [-0.1, -0.05) is 25.1 Å². The average Bonchev–Trinajstić information content (AvgIpc) is 2.65. The van der Waals surface area contributed by atoms with Crippen LogP contribution in [-0.2, 0) is 16.0 Å². The Kier molecular flexibility index (Phi) is 10.3. The van der Waals surface area contributed by atoms with Crippen molar-refractivity contribution >= 4 is 24.2 Å². The lowest BCUT2D eigenvalue weighted by atomic mass is 9.95. The summed E-state index contributed by atoms with van der Waals surface area (Å²) in [5.41, 5.74) is 6.04. The van der Waals surface area contributed by atoms with E-state index >= 15 is 0 Å². The van der Waals surface area contributed by atoms with Gasteiger partial charge >= 0.3 is 0 Å². The summed E-state index contributed by atoms with van der Waals surface area (Å²) < 4.78 is 13.8. The monoisotopic (exact) mass is 399 g/mol. The molecule has 1 aromatic carbocycles. The minimum Gasteiger partial charge on any atom is -0.354 e. The zero-order valence-electron chi connectivity index (χ0n) is 16.0. The highest BCUT2D eigenvalue weighted by atomic mass is 35.5. The van der Waals surface area contributed by atoms with Gasteiger partial charge in [0.1, 0.15) is 5.82 Å². The maximum Gasteiger partial charge on any atom is 0.225 e. The molecule has 2 amide bonds. The van der Waals surface area contributed by atoms with Gasteiger partial charge in [-0.15, -0.1) is 12.4 Å². The van der Waals surface area contributed by atoms with Crippen molar-refractivity contribution in [3.63, 3.8) is 0 Å². The molecule has 2 unspecified atom stereocenters. The molecule has 0 aromatic heterocycles. The molecule has 1 aliphatic heterocycles. The number of nitrogens with two attached hydrogens (primary N) is 1. The standard InChI is InChI=1S/C20H30FN3O2.ClH/c1-15(9-10-16-6-2-3-8-18(16)21)20(26)24-13-5-4-7-17(24)14-23-19(25)11-12-22;/h2-3,6,8,15,17H,4-5,7,9-14,22H2,1H3,(H,23,25);1H. The zero-order valence-corrected chi connectivity index (χ0v) is 16.8. The molecular weight excluding hydrogens is 369 g/mol.